The standard InChI is InChI=1S/C15H15NO/c1-2-13-7-6-8-14(11-13)12-16(17)15-9-4-3-5-10-15/h3-12H,2H2,1H3. The van der Waals surface area contributed by atoms with Crippen molar-refractivity contribution in [3.05, 3.63) is 70.9 Å². The lowest BCUT2D eigenvalue weighted by Crippen LogP contribution is -1.98. The molecule has 2 nitrogen and oxygen atoms in total. The van der Waals surface area contributed by atoms with Gasteiger partial charge in [-0.05, 0) is 24.1 Å². The molecule has 0 unspecified atom stereocenters. The Morgan fingerprint density at radius 2 is 1.82 bits per heavy atom. The van der Waals surface area contributed by atoms with Crippen LogP contribution in [-0.2, 0) is 6.42 Å². The summed E-state index contributed by atoms with van der Waals surface area (Å²) >= 11 is 0. The number of rotatable bonds is 3. The first-order valence-electron chi connectivity index (χ1n) is 5.75. The summed E-state index contributed by atoms with van der Waals surface area (Å²) in [5.41, 5.74) is 2.82. The van der Waals surface area contributed by atoms with E-state index in [2.05, 4.69) is 13.0 Å². The molecule has 0 N–H and O–H groups in total. The van der Waals surface area contributed by atoms with Gasteiger partial charge in [0.2, 0.25) is 5.69 Å². The first-order valence-corrected chi connectivity index (χ1v) is 5.75. The van der Waals surface area contributed by atoms with Gasteiger partial charge in [-0.15, -0.1) is 0 Å². The second-order valence-electron chi connectivity index (χ2n) is 3.89. The Kier molecular flexibility index (Phi) is 3.55. The van der Waals surface area contributed by atoms with Crippen LogP contribution in [0.25, 0.3) is 0 Å². The van der Waals surface area contributed by atoms with Crippen LogP contribution in [-0.4, -0.2) is 11.0 Å². The molecular weight excluding hydrogens is 210 g/mol. The monoisotopic (exact) mass is 225 g/mol. The topological polar surface area (TPSA) is 26.1 Å². The van der Waals surface area contributed by atoms with Gasteiger partial charge in [0.15, 0.2) is 6.21 Å². The highest BCUT2D eigenvalue weighted by Crippen LogP contribution is 2.10. The van der Waals surface area contributed by atoms with Gasteiger partial charge < -0.3 is 5.21 Å². The zero-order valence-corrected chi connectivity index (χ0v) is 9.84. The van der Waals surface area contributed by atoms with E-state index >= 15 is 0 Å². The highest BCUT2D eigenvalue weighted by atomic mass is 16.5. The Morgan fingerprint density at radius 1 is 1.06 bits per heavy atom. The molecule has 2 heteroatoms. The minimum atomic E-state index is 0.648. The van der Waals surface area contributed by atoms with Gasteiger partial charge in [-0.1, -0.05) is 37.3 Å². The average Bonchev–Trinajstić information content (AvgIpc) is 2.40. The number of hydrogen-bond acceptors (Lipinski definition) is 1. The summed E-state index contributed by atoms with van der Waals surface area (Å²) in [5, 5.41) is 11.9. The van der Waals surface area contributed by atoms with Gasteiger partial charge in [0.05, 0.1) is 0 Å². The van der Waals surface area contributed by atoms with Gasteiger partial charge in [-0.3, -0.25) is 0 Å². The highest BCUT2D eigenvalue weighted by Gasteiger charge is 2.00. The Hall–Kier alpha value is -2.09. The van der Waals surface area contributed by atoms with Crippen LogP contribution < -0.4 is 0 Å². The van der Waals surface area contributed by atoms with Crippen LogP contribution >= 0.6 is 0 Å². The molecule has 17 heavy (non-hydrogen) atoms. The molecule has 0 spiro atoms. The quantitative estimate of drug-likeness (QED) is 0.340. The van der Waals surface area contributed by atoms with Crippen molar-refractivity contribution in [1.29, 1.82) is 0 Å². The Bertz CT molecular complexity index is 517. The molecule has 0 aliphatic carbocycles. The van der Waals surface area contributed by atoms with E-state index in [-0.39, 0.29) is 0 Å². The molecule has 0 aromatic heterocycles. The lowest BCUT2D eigenvalue weighted by molar-refractivity contribution is -0.354. The van der Waals surface area contributed by atoms with E-state index in [1.807, 2.05) is 36.4 Å². The van der Waals surface area contributed by atoms with Crippen LogP contribution in [0, 0.1) is 5.21 Å². The SMILES string of the molecule is CCc1cccc(C=[N+]([O-])c2ccccc2)c1. The van der Waals surface area contributed by atoms with Crippen LogP contribution in [0.15, 0.2) is 54.6 Å². The van der Waals surface area contributed by atoms with E-state index in [0.717, 1.165) is 16.7 Å². The number of benzene rings is 2. The van der Waals surface area contributed by atoms with E-state index in [1.54, 1.807) is 18.3 Å². The molecule has 0 amide bonds. The van der Waals surface area contributed by atoms with Gasteiger partial charge >= 0.3 is 0 Å². The average molecular weight is 225 g/mol. The molecule has 0 bridgehead atoms. The zero-order valence-electron chi connectivity index (χ0n) is 9.84. The summed E-state index contributed by atoms with van der Waals surface area (Å²) in [6, 6.07) is 17.2. The third-order valence-corrected chi connectivity index (χ3v) is 2.64. The van der Waals surface area contributed by atoms with E-state index in [1.165, 1.54) is 5.56 Å². The second-order valence-corrected chi connectivity index (χ2v) is 3.89. The van der Waals surface area contributed by atoms with Crippen LogP contribution in [0.4, 0.5) is 5.69 Å². The lowest BCUT2D eigenvalue weighted by Gasteiger charge is -2.03. The van der Waals surface area contributed by atoms with Crippen molar-refractivity contribution in [3.63, 3.8) is 0 Å². The first-order chi connectivity index (χ1) is 8.29. The molecule has 2 aromatic carbocycles. The van der Waals surface area contributed by atoms with E-state index in [0.29, 0.717) is 5.69 Å². The molecule has 2 aromatic rings. The fourth-order valence-electron chi connectivity index (χ4n) is 1.68. The summed E-state index contributed by atoms with van der Waals surface area (Å²) in [5.74, 6) is 0. The van der Waals surface area contributed by atoms with Crippen LogP contribution in [0.1, 0.15) is 18.1 Å². The summed E-state index contributed by atoms with van der Waals surface area (Å²) in [4.78, 5) is 0. The van der Waals surface area contributed by atoms with Crippen molar-refractivity contribution < 1.29 is 4.74 Å². The van der Waals surface area contributed by atoms with Gasteiger partial charge in [0, 0.05) is 17.7 Å². The zero-order chi connectivity index (χ0) is 12.1. The molecule has 0 aliphatic rings. The number of nitrogens with zero attached hydrogens (tertiary/aromatic N) is 1. The number of hydrogen-bond donors (Lipinski definition) is 0. The van der Waals surface area contributed by atoms with Gasteiger partial charge in [0.1, 0.15) is 0 Å². The molecule has 0 atom stereocenters. The predicted octanol–water partition coefficient (Wildman–Crippen LogP) is 3.51. The predicted molar refractivity (Wildman–Crippen MR) is 70.7 cm³/mol. The molecule has 0 fully saturated rings. The summed E-state index contributed by atoms with van der Waals surface area (Å²) in [6.45, 7) is 2.10. The van der Waals surface area contributed by atoms with Gasteiger partial charge in [-0.2, -0.15) is 4.74 Å². The fourth-order valence-corrected chi connectivity index (χ4v) is 1.68. The Balaban J connectivity index is 2.29. The molecule has 0 saturated carbocycles. The number of para-hydroxylation sites is 1. The normalized spacial score (nSPS) is 11.5. The maximum atomic E-state index is 11.9. The summed E-state index contributed by atoms with van der Waals surface area (Å²) < 4.78 is 0.898. The van der Waals surface area contributed by atoms with Gasteiger partial charge in [-0.25, -0.2) is 0 Å². The highest BCUT2D eigenvalue weighted by molar-refractivity contribution is 5.76. The van der Waals surface area contributed by atoms with Crippen molar-refractivity contribution in [2.24, 2.45) is 0 Å². The Morgan fingerprint density at radius 3 is 2.53 bits per heavy atom. The van der Waals surface area contributed by atoms with Crippen molar-refractivity contribution in [2.75, 3.05) is 0 Å². The third kappa shape index (κ3) is 2.94. The van der Waals surface area contributed by atoms with E-state index < -0.39 is 0 Å². The minimum Gasteiger partial charge on any atom is -0.618 e. The van der Waals surface area contributed by atoms with Crippen molar-refractivity contribution in [3.8, 4) is 0 Å². The molecule has 0 radical (unpaired) electrons. The van der Waals surface area contributed by atoms with Gasteiger partial charge in [0.25, 0.3) is 0 Å². The largest absolute Gasteiger partial charge is 0.618 e. The van der Waals surface area contributed by atoms with E-state index in [4.69, 9.17) is 0 Å². The maximum absolute atomic E-state index is 11.9. The first kappa shape index (κ1) is 11.4. The van der Waals surface area contributed by atoms with Crippen LogP contribution in [0.5, 0.6) is 0 Å². The molecule has 2 rings (SSSR count). The van der Waals surface area contributed by atoms with Crippen molar-refractivity contribution in [1.82, 2.24) is 0 Å². The molecular formula is C15H15NO. The maximum Gasteiger partial charge on any atom is 0.216 e. The molecule has 0 heterocycles. The molecule has 0 saturated heterocycles. The lowest BCUT2D eigenvalue weighted by atomic mass is 10.1. The minimum absolute atomic E-state index is 0.648. The summed E-state index contributed by atoms with van der Waals surface area (Å²) in [6.07, 6.45) is 2.58. The number of aryl methyl sites for hydroxylation is 1. The smallest absolute Gasteiger partial charge is 0.216 e. The van der Waals surface area contributed by atoms with Crippen LogP contribution in [0.3, 0.4) is 0 Å². The van der Waals surface area contributed by atoms with Crippen LogP contribution in [0.2, 0.25) is 0 Å². The third-order valence-electron chi connectivity index (χ3n) is 2.64. The fraction of sp³-hybridized carbons (Fsp3) is 0.133. The summed E-state index contributed by atoms with van der Waals surface area (Å²) in [7, 11) is 0. The molecule has 0 aliphatic heterocycles. The second kappa shape index (κ2) is 5.30. The van der Waals surface area contributed by atoms with E-state index in [9.17, 15) is 5.21 Å². The Labute approximate surface area is 101 Å². The van der Waals surface area contributed by atoms with Crippen molar-refractivity contribution >= 4 is 11.9 Å². The van der Waals surface area contributed by atoms with Crippen molar-refractivity contribution in [2.45, 2.75) is 13.3 Å². The molecule has 86 valence electrons.